The third-order valence-electron chi connectivity index (χ3n) is 3.27. The molecule has 1 aliphatic heterocycles. The van der Waals surface area contributed by atoms with Crippen LogP contribution in [0.4, 0.5) is 4.39 Å². The highest BCUT2D eigenvalue weighted by Gasteiger charge is 2.21. The van der Waals surface area contributed by atoms with Gasteiger partial charge in [0.05, 0.1) is 11.8 Å². The minimum absolute atomic E-state index is 0.310. The van der Waals surface area contributed by atoms with Crippen molar-refractivity contribution in [3.63, 3.8) is 0 Å². The van der Waals surface area contributed by atoms with E-state index in [0.29, 0.717) is 29.1 Å². The molecule has 0 aliphatic carbocycles. The van der Waals surface area contributed by atoms with E-state index in [4.69, 9.17) is 0 Å². The van der Waals surface area contributed by atoms with E-state index in [9.17, 15) is 4.39 Å². The van der Waals surface area contributed by atoms with Gasteiger partial charge in [-0.2, -0.15) is 0 Å². The molecule has 0 bridgehead atoms. The van der Waals surface area contributed by atoms with Crippen LogP contribution < -0.4 is 0 Å². The van der Waals surface area contributed by atoms with Crippen LogP contribution in [0.15, 0.2) is 29.5 Å². The van der Waals surface area contributed by atoms with Crippen LogP contribution in [-0.4, -0.2) is 32.2 Å². The zero-order chi connectivity index (χ0) is 12.8. The lowest BCUT2D eigenvalue weighted by Crippen LogP contribution is -2.15. The zero-order valence-electron chi connectivity index (χ0n) is 9.94. The fourth-order valence-corrected chi connectivity index (χ4v) is 2.37. The molecule has 5 nitrogen and oxygen atoms in total. The average molecular weight is 255 g/mol. The van der Waals surface area contributed by atoms with E-state index < -0.39 is 0 Å². The van der Waals surface area contributed by atoms with Gasteiger partial charge in [-0.3, -0.25) is 4.99 Å². The summed E-state index contributed by atoms with van der Waals surface area (Å²) in [5.74, 6) is 0.253. The van der Waals surface area contributed by atoms with Gasteiger partial charge in [0.2, 0.25) is 0 Å². The Balaban J connectivity index is 1.92. The Morgan fingerprint density at radius 1 is 1.26 bits per heavy atom. The first-order valence-electron chi connectivity index (χ1n) is 6.04. The number of hydrogen-bond donors (Lipinski definition) is 2. The van der Waals surface area contributed by atoms with Gasteiger partial charge in [-0.25, -0.2) is 14.4 Å². The molecule has 1 aromatic carbocycles. The molecule has 19 heavy (non-hydrogen) atoms. The summed E-state index contributed by atoms with van der Waals surface area (Å²) >= 11 is 0. The van der Waals surface area contributed by atoms with Crippen molar-refractivity contribution in [2.24, 2.45) is 4.99 Å². The largest absolute Gasteiger partial charge is 0.348 e. The number of aromatic nitrogens is 4. The highest BCUT2D eigenvalue weighted by atomic mass is 19.1. The lowest BCUT2D eigenvalue weighted by Gasteiger charge is -2.09. The van der Waals surface area contributed by atoms with Crippen molar-refractivity contribution in [3.05, 3.63) is 47.6 Å². The molecule has 2 N–H and O–H groups in total. The molecular formula is C13H10FN5. The van der Waals surface area contributed by atoms with Gasteiger partial charge < -0.3 is 9.97 Å². The number of rotatable bonds is 1. The molecule has 94 valence electrons. The Bertz CT molecular complexity index is 798. The van der Waals surface area contributed by atoms with Crippen molar-refractivity contribution in [1.82, 2.24) is 19.9 Å². The summed E-state index contributed by atoms with van der Waals surface area (Å²) in [7, 11) is 0. The number of halogens is 1. The van der Waals surface area contributed by atoms with E-state index in [1.165, 1.54) is 6.07 Å². The predicted octanol–water partition coefficient (Wildman–Crippen LogP) is 1.82. The van der Waals surface area contributed by atoms with Crippen LogP contribution in [-0.2, 0) is 6.42 Å². The molecule has 0 saturated carbocycles. The summed E-state index contributed by atoms with van der Waals surface area (Å²) in [6, 6.07) is 4.82. The van der Waals surface area contributed by atoms with Crippen molar-refractivity contribution in [1.29, 1.82) is 0 Å². The maximum Gasteiger partial charge on any atom is 0.159 e. The number of hydrogen-bond acceptors (Lipinski definition) is 3. The third-order valence-corrected chi connectivity index (χ3v) is 3.27. The minimum atomic E-state index is -0.310. The standard InChI is InChI=1S/C13H10FN5/c14-7-2-1-3-9-10(7)19-13(18-9)12-11-8(4-5-15-12)16-6-17-11/h1-3,6H,4-5H2,(H,16,17)(H,18,19). The summed E-state index contributed by atoms with van der Waals surface area (Å²) in [6.07, 6.45) is 2.49. The van der Waals surface area contributed by atoms with Gasteiger partial charge in [-0.05, 0) is 12.1 Å². The topological polar surface area (TPSA) is 69.7 Å². The smallest absolute Gasteiger partial charge is 0.159 e. The van der Waals surface area contributed by atoms with Crippen molar-refractivity contribution in [2.75, 3.05) is 6.54 Å². The molecule has 4 rings (SSSR count). The number of fused-ring (bicyclic) bond motifs is 2. The number of H-pyrrole nitrogens is 2. The first-order valence-corrected chi connectivity index (χ1v) is 6.04. The number of para-hydroxylation sites is 1. The second-order valence-corrected chi connectivity index (χ2v) is 4.43. The van der Waals surface area contributed by atoms with Crippen molar-refractivity contribution >= 4 is 16.7 Å². The highest BCUT2D eigenvalue weighted by Crippen LogP contribution is 2.20. The van der Waals surface area contributed by atoms with Crippen molar-refractivity contribution < 1.29 is 4.39 Å². The third kappa shape index (κ3) is 1.49. The molecule has 6 heteroatoms. The van der Waals surface area contributed by atoms with E-state index in [-0.39, 0.29) is 5.82 Å². The van der Waals surface area contributed by atoms with Crippen LogP contribution in [0, 0.1) is 5.82 Å². The lowest BCUT2D eigenvalue weighted by atomic mass is 10.1. The molecule has 0 fully saturated rings. The van der Waals surface area contributed by atoms with Gasteiger partial charge in [-0.15, -0.1) is 0 Å². The van der Waals surface area contributed by atoms with Gasteiger partial charge in [0.25, 0.3) is 0 Å². The number of benzene rings is 1. The summed E-state index contributed by atoms with van der Waals surface area (Å²) in [6.45, 7) is 0.685. The molecule has 3 aromatic rings. The van der Waals surface area contributed by atoms with Gasteiger partial charge in [-0.1, -0.05) is 6.07 Å². The SMILES string of the molecule is Fc1cccc2nc(C3=NCCc4[nH]cnc43)[nH]c12. The summed E-state index contributed by atoms with van der Waals surface area (Å²) < 4.78 is 13.7. The Morgan fingerprint density at radius 2 is 2.21 bits per heavy atom. The lowest BCUT2D eigenvalue weighted by molar-refractivity contribution is 0.637. The van der Waals surface area contributed by atoms with Gasteiger partial charge >= 0.3 is 0 Å². The summed E-state index contributed by atoms with van der Waals surface area (Å²) in [5, 5.41) is 0. The number of nitrogens with one attached hydrogen (secondary N) is 2. The molecule has 0 unspecified atom stereocenters. The number of aliphatic imine (C=N–C) groups is 1. The molecule has 0 saturated heterocycles. The van der Waals surface area contributed by atoms with E-state index in [1.54, 1.807) is 18.5 Å². The van der Waals surface area contributed by atoms with Gasteiger partial charge in [0.1, 0.15) is 22.7 Å². The molecule has 0 spiro atoms. The quantitative estimate of drug-likeness (QED) is 0.696. The molecule has 2 aromatic heterocycles. The fraction of sp³-hybridized carbons (Fsp3) is 0.154. The van der Waals surface area contributed by atoms with Crippen LogP contribution >= 0.6 is 0 Å². The molecule has 1 aliphatic rings. The highest BCUT2D eigenvalue weighted by molar-refractivity contribution is 6.11. The normalized spacial score (nSPS) is 14.5. The molecule has 3 heterocycles. The molecule has 0 atom stereocenters. The van der Waals surface area contributed by atoms with Gasteiger partial charge in [0, 0.05) is 18.7 Å². The Kier molecular flexibility index (Phi) is 2.05. The number of nitrogens with zero attached hydrogens (tertiary/aromatic N) is 3. The van der Waals surface area contributed by atoms with Crippen LogP contribution in [0.5, 0.6) is 0 Å². The monoisotopic (exact) mass is 255 g/mol. The van der Waals surface area contributed by atoms with E-state index in [0.717, 1.165) is 17.8 Å². The Morgan fingerprint density at radius 3 is 3.11 bits per heavy atom. The zero-order valence-corrected chi connectivity index (χ0v) is 9.94. The minimum Gasteiger partial charge on any atom is -0.348 e. The van der Waals surface area contributed by atoms with Crippen LogP contribution in [0.3, 0.4) is 0 Å². The summed E-state index contributed by atoms with van der Waals surface area (Å²) in [4.78, 5) is 19.2. The fourth-order valence-electron chi connectivity index (χ4n) is 2.37. The van der Waals surface area contributed by atoms with Crippen LogP contribution in [0.2, 0.25) is 0 Å². The van der Waals surface area contributed by atoms with Crippen molar-refractivity contribution in [3.8, 4) is 0 Å². The van der Waals surface area contributed by atoms with E-state index in [1.807, 2.05) is 0 Å². The maximum absolute atomic E-state index is 13.7. The first-order chi connectivity index (χ1) is 9.33. The Labute approximate surface area is 107 Å². The van der Waals surface area contributed by atoms with Crippen molar-refractivity contribution in [2.45, 2.75) is 6.42 Å². The second-order valence-electron chi connectivity index (χ2n) is 4.43. The van der Waals surface area contributed by atoms with Crippen LogP contribution in [0.1, 0.15) is 17.2 Å². The van der Waals surface area contributed by atoms with E-state index in [2.05, 4.69) is 24.9 Å². The predicted molar refractivity (Wildman–Crippen MR) is 68.8 cm³/mol. The van der Waals surface area contributed by atoms with E-state index >= 15 is 0 Å². The number of aromatic amines is 2. The second kappa shape index (κ2) is 3.74. The summed E-state index contributed by atoms with van der Waals surface area (Å²) in [5.41, 5.74) is 3.54. The maximum atomic E-state index is 13.7. The molecule has 0 amide bonds. The molecular weight excluding hydrogens is 245 g/mol. The average Bonchev–Trinajstić information content (AvgIpc) is 3.05. The first kappa shape index (κ1) is 10.4. The van der Waals surface area contributed by atoms with Crippen LogP contribution in [0.25, 0.3) is 11.0 Å². The number of imidazole rings is 2. The Hall–Kier alpha value is -2.50. The molecule has 0 radical (unpaired) electrons. The van der Waals surface area contributed by atoms with Gasteiger partial charge in [0.15, 0.2) is 5.82 Å².